The van der Waals surface area contributed by atoms with Crippen LogP contribution in [0.15, 0.2) is 47.6 Å². The van der Waals surface area contributed by atoms with E-state index in [-0.39, 0.29) is 24.0 Å². The third-order valence-corrected chi connectivity index (χ3v) is 5.07. The molecule has 1 aliphatic rings. The molecule has 0 unspecified atom stereocenters. The van der Waals surface area contributed by atoms with Crippen LogP contribution < -0.4 is 10.6 Å². The number of aliphatic imine (C=N–C) groups is 1. The average Bonchev–Trinajstić information content (AvgIpc) is 2.73. The maximum atomic E-state index is 13.8. The largest absolute Gasteiger partial charge is 0.357 e. The van der Waals surface area contributed by atoms with E-state index in [4.69, 9.17) is 0 Å². The monoisotopic (exact) mass is 529 g/mol. The summed E-state index contributed by atoms with van der Waals surface area (Å²) in [6, 6.07) is 10.6. The van der Waals surface area contributed by atoms with Crippen molar-refractivity contribution in [3.63, 3.8) is 0 Å². The molecule has 1 saturated heterocycles. The molecule has 3 rings (SSSR count). The first-order chi connectivity index (χ1) is 14.2. The summed E-state index contributed by atoms with van der Waals surface area (Å²) in [7, 11) is 0. The van der Waals surface area contributed by atoms with E-state index < -0.39 is 11.6 Å². The molecule has 2 N–H and O–H groups in total. The zero-order chi connectivity index (χ0) is 20.5. The van der Waals surface area contributed by atoms with Crippen LogP contribution in [0.5, 0.6) is 0 Å². The maximum absolute atomic E-state index is 13.8. The van der Waals surface area contributed by atoms with Crippen molar-refractivity contribution in [2.75, 3.05) is 26.2 Å². The molecule has 0 aliphatic carbocycles. The van der Waals surface area contributed by atoms with E-state index in [9.17, 15) is 8.78 Å². The SMILES string of the molecule is CCNC(=NCCc1cccc(F)c1F)NC1CCN(Cc2ccccn2)CC1.I. The van der Waals surface area contributed by atoms with Gasteiger partial charge in [0.1, 0.15) is 0 Å². The van der Waals surface area contributed by atoms with Crippen molar-refractivity contribution in [3.8, 4) is 0 Å². The number of nitrogens with one attached hydrogen (secondary N) is 2. The summed E-state index contributed by atoms with van der Waals surface area (Å²) in [5, 5.41) is 6.72. The van der Waals surface area contributed by atoms with Gasteiger partial charge in [-0.05, 0) is 49.9 Å². The highest BCUT2D eigenvalue weighted by molar-refractivity contribution is 14.0. The predicted molar refractivity (Wildman–Crippen MR) is 127 cm³/mol. The Kier molecular flexibility index (Phi) is 10.4. The highest BCUT2D eigenvalue weighted by Gasteiger charge is 2.20. The van der Waals surface area contributed by atoms with Gasteiger partial charge in [0, 0.05) is 45.0 Å². The molecule has 5 nitrogen and oxygen atoms in total. The molecule has 2 heterocycles. The molecule has 8 heteroatoms. The van der Waals surface area contributed by atoms with Gasteiger partial charge in [-0.15, -0.1) is 24.0 Å². The van der Waals surface area contributed by atoms with E-state index in [1.807, 2.05) is 25.3 Å². The third-order valence-electron chi connectivity index (χ3n) is 5.07. The number of hydrogen-bond acceptors (Lipinski definition) is 3. The highest BCUT2D eigenvalue weighted by Crippen LogP contribution is 2.14. The predicted octanol–water partition coefficient (Wildman–Crippen LogP) is 3.74. The van der Waals surface area contributed by atoms with Crippen LogP contribution in [0.3, 0.4) is 0 Å². The lowest BCUT2D eigenvalue weighted by Gasteiger charge is -2.32. The number of piperidine rings is 1. The van der Waals surface area contributed by atoms with E-state index in [2.05, 4.69) is 31.6 Å². The number of pyridine rings is 1. The topological polar surface area (TPSA) is 52.6 Å². The Hall–Kier alpha value is -1.81. The Bertz CT molecular complexity index is 795. The third kappa shape index (κ3) is 7.46. The van der Waals surface area contributed by atoms with Crippen molar-refractivity contribution in [1.82, 2.24) is 20.5 Å². The van der Waals surface area contributed by atoms with Gasteiger partial charge in [-0.3, -0.25) is 14.9 Å². The summed E-state index contributed by atoms with van der Waals surface area (Å²) < 4.78 is 27.1. The van der Waals surface area contributed by atoms with E-state index in [0.29, 0.717) is 24.6 Å². The molecule has 0 radical (unpaired) electrons. The van der Waals surface area contributed by atoms with Gasteiger partial charge in [-0.1, -0.05) is 18.2 Å². The van der Waals surface area contributed by atoms with Crippen molar-refractivity contribution in [3.05, 3.63) is 65.5 Å². The Balaban J connectivity index is 0.00000320. The van der Waals surface area contributed by atoms with Crippen LogP contribution in [-0.4, -0.2) is 48.1 Å². The van der Waals surface area contributed by atoms with Crippen molar-refractivity contribution >= 4 is 29.9 Å². The first-order valence-corrected chi connectivity index (χ1v) is 10.3. The molecule has 1 aromatic heterocycles. The summed E-state index contributed by atoms with van der Waals surface area (Å²) in [5.41, 5.74) is 1.45. The van der Waals surface area contributed by atoms with Crippen molar-refractivity contribution in [1.29, 1.82) is 0 Å². The number of hydrogen-bond donors (Lipinski definition) is 2. The zero-order valence-corrected chi connectivity index (χ0v) is 19.6. The van der Waals surface area contributed by atoms with Crippen LogP contribution in [0.4, 0.5) is 8.78 Å². The fraction of sp³-hybridized carbons (Fsp3) is 0.455. The van der Waals surface area contributed by atoms with Crippen LogP contribution in [0, 0.1) is 11.6 Å². The number of rotatable bonds is 7. The average molecular weight is 529 g/mol. The Morgan fingerprint density at radius 3 is 2.67 bits per heavy atom. The number of benzene rings is 1. The fourth-order valence-corrected chi connectivity index (χ4v) is 3.50. The molecule has 0 spiro atoms. The molecule has 0 bridgehead atoms. The van der Waals surface area contributed by atoms with Crippen LogP contribution in [0.25, 0.3) is 0 Å². The highest BCUT2D eigenvalue weighted by atomic mass is 127. The lowest BCUT2D eigenvalue weighted by Crippen LogP contribution is -2.48. The van der Waals surface area contributed by atoms with Crippen molar-refractivity contribution in [2.45, 2.75) is 38.8 Å². The standard InChI is InChI=1S/C22H29F2N5.HI/c1-2-25-22(27-13-9-17-6-5-8-20(23)21(17)24)28-18-10-14-29(15-11-18)16-19-7-3-4-12-26-19;/h3-8,12,18H,2,9-11,13-16H2,1H3,(H2,25,27,28);1H. The molecule has 0 atom stereocenters. The number of likely N-dealkylation sites (tertiary alicyclic amines) is 1. The van der Waals surface area contributed by atoms with Gasteiger partial charge in [0.05, 0.1) is 5.69 Å². The minimum absolute atomic E-state index is 0. The number of halogens is 3. The Morgan fingerprint density at radius 1 is 1.17 bits per heavy atom. The van der Waals surface area contributed by atoms with Crippen LogP contribution in [0.1, 0.15) is 31.0 Å². The summed E-state index contributed by atoms with van der Waals surface area (Å²) in [5.74, 6) is -0.859. The van der Waals surface area contributed by atoms with Gasteiger partial charge in [0.2, 0.25) is 0 Å². The lowest BCUT2D eigenvalue weighted by molar-refractivity contribution is 0.196. The first kappa shape index (κ1) is 24.5. The van der Waals surface area contributed by atoms with Crippen LogP contribution >= 0.6 is 24.0 Å². The normalized spacial score (nSPS) is 15.5. The minimum atomic E-state index is -0.811. The quantitative estimate of drug-likeness (QED) is 0.326. The van der Waals surface area contributed by atoms with Crippen LogP contribution in [-0.2, 0) is 13.0 Å². The Labute approximate surface area is 194 Å². The Morgan fingerprint density at radius 2 is 1.97 bits per heavy atom. The molecular weight excluding hydrogens is 499 g/mol. The summed E-state index contributed by atoms with van der Waals surface area (Å²) >= 11 is 0. The summed E-state index contributed by atoms with van der Waals surface area (Å²) in [4.78, 5) is 11.4. The van der Waals surface area contributed by atoms with E-state index in [0.717, 1.165) is 56.7 Å². The molecule has 164 valence electrons. The van der Waals surface area contributed by atoms with Crippen molar-refractivity contribution in [2.24, 2.45) is 4.99 Å². The van der Waals surface area contributed by atoms with Gasteiger partial charge < -0.3 is 10.6 Å². The fourth-order valence-electron chi connectivity index (χ4n) is 3.50. The molecule has 0 saturated carbocycles. The molecule has 30 heavy (non-hydrogen) atoms. The van der Waals surface area contributed by atoms with E-state index in [1.165, 1.54) is 6.07 Å². The van der Waals surface area contributed by atoms with Gasteiger partial charge in [-0.2, -0.15) is 0 Å². The van der Waals surface area contributed by atoms with Gasteiger partial charge in [0.15, 0.2) is 17.6 Å². The second-order valence-corrected chi connectivity index (χ2v) is 7.24. The van der Waals surface area contributed by atoms with Crippen LogP contribution in [0.2, 0.25) is 0 Å². The number of guanidine groups is 1. The second kappa shape index (κ2) is 12.8. The van der Waals surface area contributed by atoms with E-state index in [1.54, 1.807) is 6.07 Å². The molecule has 2 aromatic rings. The van der Waals surface area contributed by atoms with Gasteiger partial charge in [-0.25, -0.2) is 8.78 Å². The van der Waals surface area contributed by atoms with Gasteiger partial charge >= 0.3 is 0 Å². The summed E-state index contributed by atoms with van der Waals surface area (Å²) in [6.07, 6.45) is 4.24. The first-order valence-electron chi connectivity index (χ1n) is 10.3. The smallest absolute Gasteiger partial charge is 0.191 e. The number of nitrogens with zero attached hydrogens (tertiary/aromatic N) is 3. The second-order valence-electron chi connectivity index (χ2n) is 7.24. The molecule has 1 aromatic carbocycles. The molecular formula is C22H30F2IN5. The maximum Gasteiger partial charge on any atom is 0.191 e. The lowest BCUT2D eigenvalue weighted by atomic mass is 10.0. The summed E-state index contributed by atoms with van der Waals surface area (Å²) in [6.45, 7) is 6.04. The molecule has 1 fully saturated rings. The molecule has 0 amide bonds. The van der Waals surface area contributed by atoms with Gasteiger partial charge in [0.25, 0.3) is 0 Å². The molecule has 1 aliphatic heterocycles. The zero-order valence-electron chi connectivity index (χ0n) is 17.3. The number of aromatic nitrogens is 1. The van der Waals surface area contributed by atoms with Crippen molar-refractivity contribution < 1.29 is 8.78 Å². The van der Waals surface area contributed by atoms with E-state index >= 15 is 0 Å². The minimum Gasteiger partial charge on any atom is -0.357 e.